The lowest BCUT2D eigenvalue weighted by atomic mass is 10.6. The molecule has 2 rings (SSSR count). The summed E-state index contributed by atoms with van der Waals surface area (Å²) in [5, 5.41) is 14.0. The third kappa shape index (κ3) is 1.24. The zero-order valence-corrected chi connectivity index (χ0v) is 6.25. The molecule has 0 spiro atoms. The second-order valence-corrected chi connectivity index (χ2v) is 2.11. The summed E-state index contributed by atoms with van der Waals surface area (Å²) in [7, 11) is 0. The molecule has 2 N–H and O–H groups in total. The van der Waals surface area contributed by atoms with Crippen molar-refractivity contribution in [3.8, 4) is 0 Å². The third-order valence-electron chi connectivity index (χ3n) is 1.26. The molecule has 13 heavy (non-hydrogen) atoms. The zero-order chi connectivity index (χ0) is 9.26. The molecule has 0 aromatic rings. The first kappa shape index (κ1) is 7.40. The van der Waals surface area contributed by atoms with E-state index < -0.39 is 5.91 Å². The van der Waals surface area contributed by atoms with E-state index in [1.54, 1.807) is 0 Å². The minimum Gasteiger partial charge on any atom is -0.363 e. The number of nitrogens with two attached hydrogens (primary N) is 1. The van der Waals surface area contributed by atoms with Crippen LogP contribution in [0.25, 0.3) is 0 Å². The molecule has 0 aromatic carbocycles. The molecule has 8 heteroatoms. The highest BCUT2D eigenvalue weighted by Crippen LogP contribution is 2.18. The van der Waals surface area contributed by atoms with Gasteiger partial charge < -0.3 is 5.73 Å². The van der Waals surface area contributed by atoms with Gasteiger partial charge >= 0.3 is 0 Å². The van der Waals surface area contributed by atoms with Crippen LogP contribution < -0.4 is 5.73 Å². The van der Waals surface area contributed by atoms with Crippen molar-refractivity contribution in [2.45, 2.75) is 0 Å². The Morgan fingerprint density at radius 1 is 1.23 bits per heavy atom. The molecule has 0 saturated heterocycles. The number of carbonyl (C=O) groups is 1. The number of primary amides is 1. The van der Waals surface area contributed by atoms with Gasteiger partial charge in [0.1, 0.15) is 6.34 Å². The molecule has 0 aliphatic carbocycles. The average molecular weight is 177 g/mol. The molecular weight excluding hydrogens is 174 g/mol. The summed E-state index contributed by atoms with van der Waals surface area (Å²) in [6.07, 6.45) is 1.25. The predicted octanol–water partition coefficient (Wildman–Crippen LogP) is -0.0433. The smallest absolute Gasteiger partial charge is 0.288 e. The van der Waals surface area contributed by atoms with Gasteiger partial charge in [-0.2, -0.15) is 4.99 Å². The summed E-state index contributed by atoms with van der Waals surface area (Å²) < 4.78 is 0. The maximum atomic E-state index is 10.6. The fraction of sp³-hybridized carbons (Fsp3) is 0. The molecule has 0 atom stereocenters. The van der Waals surface area contributed by atoms with Crippen molar-refractivity contribution in [2.24, 2.45) is 36.2 Å². The number of azo groups is 2. The van der Waals surface area contributed by atoms with E-state index in [0.29, 0.717) is 0 Å². The Morgan fingerprint density at radius 3 is 2.62 bits per heavy atom. The van der Waals surface area contributed by atoms with Crippen LogP contribution in [0.4, 0.5) is 0 Å². The van der Waals surface area contributed by atoms with Crippen LogP contribution in [0.3, 0.4) is 0 Å². The number of hydrogen-bond acceptors (Lipinski definition) is 7. The molecular formula is C5H3N7O. The number of aliphatic imine (C=N–C) groups is 2. The van der Waals surface area contributed by atoms with Gasteiger partial charge in [0, 0.05) is 0 Å². The van der Waals surface area contributed by atoms with Crippen molar-refractivity contribution in [3.63, 3.8) is 0 Å². The Bertz CT molecular complexity index is 399. The Hall–Kier alpha value is -2.25. The van der Waals surface area contributed by atoms with Crippen LogP contribution in [0.2, 0.25) is 0 Å². The van der Waals surface area contributed by atoms with Gasteiger partial charge in [0.2, 0.25) is 17.5 Å². The number of carbonyl (C=O) groups excluding carboxylic acids is 1. The highest BCUT2D eigenvalue weighted by atomic mass is 16.1. The minimum atomic E-state index is -0.738. The molecule has 0 saturated carbocycles. The quantitative estimate of drug-likeness (QED) is 0.594. The first-order chi connectivity index (χ1) is 6.27. The molecule has 0 fully saturated rings. The fourth-order valence-electron chi connectivity index (χ4n) is 0.728. The highest BCUT2D eigenvalue weighted by Gasteiger charge is 2.17. The van der Waals surface area contributed by atoms with Crippen molar-refractivity contribution in [2.75, 3.05) is 0 Å². The maximum Gasteiger partial charge on any atom is 0.288 e. The van der Waals surface area contributed by atoms with Crippen LogP contribution >= 0.6 is 0 Å². The van der Waals surface area contributed by atoms with Crippen LogP contribution in [0.1, 0.15) is 0 Å². The van der Waals surface area contributed by atoms with Crippen molar-refractivity contribution < 1.29 is 4.79 Å². The van der Waals surface area contributed by atoms with Crippen LogP contribution in [-0.4, -0.2) is 18.1 Å². The second-order valence-electron chi connectivity index (χ2n) is 2.11. The zero-order valence-electron chi connectivity index (χ0n) is 6.25. The van der Waals surface area contributed by atoms with E-state index in [-0.39, 0.29) is 17.5 Å². The normalized spacial score (nSPS) is 24.2. The first-order valence-electron chi connectivity index (χ1n) is 3.25. The molecule has 2 heterocycles. The molecule has 2 aliphatic heterocycles. The van der Waals surface area contributed by atoms with Gasteiger partial charge in [0.25, 0.3) is 5.91 Å². The molecule has 64 valence electrons. The minimum absolute atomic E-state index is 0.145. The van der Waals surface area contributed by atoms with Gasteiger partial charge in [-0.05, 0) is 0 Å². The maximum absolute atomic E-state index is 10.6. The topological polar surface area (TPSA) is 117 Å². The van der Waals surface area contributed by atoms with Crippen LogP contribution in [-0.2, 0) is 4.79 Å². The van der Waals surface area contributed by atoms with Gasteiger partial charge in [-0.15, -0.1) is 20.5 Å². The highest BCUT2D eigenvalue weighted by molar-refractivity contribution is 6.38. The van der Waals surface area contributed by atoms with Crippen LogP contribution in [0.5, 0.6) is 0 Å². The average Bonchev–Trinajstić information content (AvgIpc) is 2.75. The van der Waals surface area contributed by atoms with Crippen molar-refractivity contribution in [3.05, 3.63) is 11.6 Å². The monoisotopic (exact) mass is 177 g/mol. The molecule has 2 aliphatic rings. The van der Waals surface area contributed by atoms with Gasteiger partial charge in [0.15, 0.2) is 0 Å². The molecule has 0 radical (unpaired) electrons. The summed E-state index contributed by atoms with van der Waals surface area (Å²) >= 11 is 0. The van der Waals surface area contributed by atoms with Gasteiger partial charge in [-0.25, -0.2) is 4.99 Å². The number of amides is 1. The Morgan fingerprint density at radius 2 is 2.08 bits per heavy atom. The van der Waals surface area contributed by atoms with Gasteiger partial charge in [0.05, 0.1) is 0 Å². The van der Waals surface area contributed by atoms with Crippen molar-refractivity contribution >= 4 is 18.1 Å². The summed E-state index contributed by atoms with van der Waals surface area (Å²) in [5.41, 5.74) is 4.92. The lowest BCUT2D eigenvalue weighted by Gasteiger charge is -1.85. The van der Waals surface area contributed by atoms with Crippen molar-refractivity contribution in [1.82, 2.24) is 0 Å². The van der Waals surface area contributed by atoms with Gasteiger partial charge in [-0.3, -0.25) is 4.79 Å². The van der Waals surface area contributed by atoms with E-state index in [4.69, 9.17) is 5.73 Å². The second kappa shape index (κ2) is 2.66. The van der Waals surface area contributed by atoms with Crippen molar-refractivity contribution in [1.29, 1.82) is 0 Å². The van der Waals surface area contributed by atoms with E-state index in [0.717, 1.165) is 0 Å². The Balaban J connectivity index is 2.38. The third-order valence-corrected chi connectivity index (χ3v) is 1.26. The lowest BCUT2D eigenvalue weighted by molar-refractivity contribution is -0.112. The largest absolute Gasteiger partial charge is 0.363 e. The standard InChI is InChI=1S/C5H3N7O/c6-2(13)3-9-5(12-11-3)4-7-1-8-10-4/h1H,(H2,6,13). The van der Waals surface area contributed by atoms with E-state index >= 15 is 0 Å². The predicted molar refractivity (Wildman–Crippen MR) is 41.9 cm³/mol. The summed E-state index contributed by atoms with van der Waals surface area (Å²) in [6.45, 7) is 0. The number of rotatable bonds is 1. The molecule has 0 unspecified atom stereocenters. The molecule has 0 bridgehead atoms. The summed E-state index contributed by atoms with van der Waals surface area (Å²) in [5.74, 6) is -0.524. The first-order valence-corrected chi connectivity index (χ1v) is 3.25. The van der Waals surface area contributed by atoms with E-state index in [1.807, 2.05) is 0 Å². The summed E-state index contributed by atoms with van der Waals surface area (Å²) in [4.78, 5) is 18.0. The Kier molecular flexibility index (Phi) is 1.51. The van der Waals surface area contributed by atoms with E-state index in [1.165, 1.54) is 6.34 Å². The fourth-order valence-corrected chi connectivity index (χ4v) is 0.728. The Labute approximate surface area is 71.7 Å². The van der Waals surface area contributed by atoms with Gasteiger partial charge in [-0.1, -0.05) is 0 Å². The summed E-state index contributed by atoms with van der Waals surface area (Å²) in [6, 6.07) is 0. The number of amidine groups is 1. The molecule has 0 aromatic heterocycles. The molecule has 1 amide bonds. The van der Waals surface area contributed by atoms with Crippen LogP contribution in [0.15, 0.2) is 42.1 Å². The van der Waals surface area contributed by atoms with E-state index in [2.05, 4.69) is 30.4 Å². The SMILES string of the molecule is NC(=O)C1=NC(=C2N=CN=N2)N=N1. The lowest BCUT2D eigenvalue weighted by Crippen LogP contribution is -2.19. The molecule has 8 nitrogen and oxygen atoms in total. The number of nitrogens with zero attached hydrogens (tertiary/aromatic N) is 6. The van der Waals surface area contributed by atoms with E-state index in [9.17, 15) is 4.79 Å². The van der Waals surface area contributed by atoms with Crippen LogP contribution in [0, 0.1) is 0 Å². The number of hydrogen-bond donors (Lipinski definition) is 1.